The number of benzene rings is 3. The molecule has 0 radical (unpaired) electrons. The molecule has 0 saturated heterocycles. The van der Waals surface area contributed by atoms with Crippen molar-refractivity contribution in [3.05, 3.63) is 96.2 Å². The zero-order chi connectivity index (χ0) is 29.8. The third kappa shape index (κ3) is 5.93. The number of aromatic nitrogens is 3. The third-order valence-corrected chi connectivity index (χ3v) is 7.27. The summed E-state index contributed by atoms with van der Waals surface area (Å²) in [6, 6.07) is 22.4. The number of hydrogen-bond acceptors (Lipinski definition) is 9. The third-order valence-electron chi connectivity index (χ3n) is 6.15. The first-order chi connectivity index (χ1) is 20.2. The van der Waals surface area contributed by atoms with Gasteiger partial charge >= 0.3 is 11.9 Å². The minimum Gasteiger partial charge on any atom is -0.493 e. The number of rotatable bonds is 7. The van der Waals surface area contributed by atoms with Crippen LogP contribution in [-0.4, -0.2) is 51.0 Å². The molecule has 0 aliphatic heterocycles. The molecule has 0 bridgehead atoms. The number of carboxylic acids is 2. The van der Waals surface area contributed by atoms with Crippen LogP contribution in [0.2, 0.25) is 0 Å². The number of methoxy groups -OCH3 is 2. The maximum Gasteiger partial charge on any atom is 0.335 e. The molecule has 12 heteroatoms. The summed E-state index contributed by atoms with van der Waals surface area (Å²) in [6.45, 7) is 0. The van der Waals surface area contributed by atoms with Gasteiger partial charge in [0.25, 0.3) is 0 Å². The summed E-state index contributed by atoms with van der Waals surface area (Å²) in [5.74, 6) is -0.00143. The number of anilines is 3. The summed E-state index contributed by atoms with van der Waals surface area (Å²) < 4.78 is 13.7. The Labute approximate surface area is 243 Å². The summed E-state index contributed by atoms with van der Waals surface area (Å²) in [5.41, 5.74) is 8.43. The van der Waals surface area contributed by atoms with Gasteiger partial charge in [-0.2, -0.15) is 0 Å². The molecule has 0 atom stereocenters. The molecule has 0 amide bonds. The molecule has 0 spiro atoms. The molecule has 0 saturated carbocycles. The summed E-state index contributed by atoms with van der Waals surface area (Å²) >= 11 is 1.61. The lowest BCUT2D eigenvalue weighted by molar-refractivity contribution is 0.0686. The number of nitrogens with one attached hydrogen (secondary N) is 1. The number of nitrogen functional groups attached to an aromatic ring is 1. The van der Waals surface area contributed by atoms with E-state index in [9.17, 15) is 14.7 Å². The van der Waals surface area contributed by atoms with Crippen LogP contribution in [0.1, 0.15) is 20.7 Å². The van der Waals surface area contributed by atoms with Crippen molar-refractivity contribution in [3.63, 3.8) is 0 Å². The Kier molecular flexibility index (Phi) is 7.89. The Morgan fingerprint density at radius 3 is 2.24 bits per heavy atom. The van der Waals surface area contributed by atoms with Crippen molar-refractivity contribution in [2.75, 3.05) is 25.3 Å². The van der Waals surface area contributed by atoms with Gasteiger partial charge in [0.15, 0.2) is 23.0 Å². The number of hydrogen-bond donors (Lipinski definition) is 4. The van der Waals surface area contributed by atoms with Crippen molar-refractivity contribution < 1.29 is 29.3 Å². The smallest absolute Gasteiger partial charge is 0.335 e. The molecule has 0 aliphatic rings. The summed E-state index contributed by atoms with van der Waals surface area (Å²) in [5, 5.41) is 26.5. The molecule has 42 heavy (non-hydrogen) atoms. The SMILES string of the molecule is COc1cc2cc(-c3cnc4ccc(Nc5cccc(C(=O)O)c5)nn34)sc2cc1OC.Nc1cccc(C(=O)O)c1. The number of carbonyl (C=O) groups is 2. The quantitative estimate of drug-likeness (QED) is 0.163. The van der Waals surface area contributed by atoms with E-state index in [0.717, 1.165) is 20.7 Å². The lowest BCUT2D eigenvalue weighted by Gasteiger charge is -2.07. The van der Waals surface area contributed by atoms with Gasteiger partial charge in [0.2, 0.25) is 0 Å². The van der Waals surface area contributed by atoms with Gasteiger partial charge in [-0.1, -0.05) is 12.1 Å². The highest BCUT2D eigenvalue weighted by atomic mass is 32.1. The topological polar surface area (TPSA) is 161 Å². The molecular formula is C30H25N5O6S. The fourth-order valence-electron chi connectivity index (χ4n) is 4.15. The second kappa shape index (κ2) is 11.9. The molecule has 0 fully saturated rings. The fourth-order valence-corrected chi connectivity index (χ4v) is 5.22. The largest absolute Gasteiger partial charge is 0.493 e. The number of carboxylic acid groups (broad SMARTS) is 2. The van der Waals surface area contributed by atoms with E-state index >= 15 is 0 Å². The van der Waals surface area contributed by atoms with Crippen LogP contribution >= 0.6 is 11.3 Å². The van der Waals surface area contributed by atoms with E-state index in [1.165, 1.54) is 12.1 Å². The number of nitrogens with zero attached hydrogens (tertiary/aromatic N) is 3. The first-order valence-electron chi connectivity index (χ1n) is 12.5. The normalized spacial score (nSPS) is 10.6. The zero-order valence-corrected chi connectivity index (χ0v) is 23.3. The highest BCUT2D eigenvalue weighted by Crippen LogP contribution is 2.39. The highest BCUT2D eigenvalue weighted by molar-refractivity contribution is 7.22. The number of thiophene rings is 1. The molecule has 3 heterocycles. The Bertz CT molecular complexity index is 1890. The lowest BCUT2D eigenvalue weighted by atomic mass is 10.2. The van der Waals surface area contributed by atoms with Crippen molar-refractivity contribution in [1.29, 1.82) is 0 Å². The maximum atomic E-state index is 11.2. The molecule has 0 aliphatic carbocycles. The van der Waals surface area contributed by atoms with E-state index in [4.69, 9.17) is 20.3 Å². The van der Waals surface area contributed by atoms with Gasteiger partial charge in [0.05, 0.1) is 36.4 Å². The van der Waals surface area contributed by atoms with Gasteiger partial charge in [-0.25, -0.2) is 19.1 Å². The van der Waals surface area contributed by atoms with Gasteiger partial charge in [-0.15, -0.1) is 16.4 Å². The molecule has 3 aromatic carbocycles. The first-order valence-corrected chi connectivity index (χ1v) is 13.3. The van der Waals surface area contributed by atoms with Crippen LogP contribution in [0.25, 0.3) is 26.3 Å². The first kappa shape index (κ1) is 27.9. The second-order valence-electron chi connectivity index (χ2n) is 8.93. The molecule has 6 rings (SSSR count). The Hall–Kier alpha value is -5.62. The molecule has 0 unspecified atom stereocenters. The number of ether oxygens (including phenoxy) is 2. The van der Waals surface area contributed by atoms with Crippen LogP contribution in [0, 0.1) is 0 Å². The van der Waals surface area contributed by atoms with Gasteiger partial charge in [-0.3, -0.25) is 0 Å². The summed E-state index contributed by atoms with van der Waals surface area (Å²) in [6.07, 6.45) is 1.79. The Morgan fingerprint density at radius 2 is 1.57 bits per heavy atom. The van der Waals surface area contributed by atoms with Crippen molar-refractivity contribution >= 4 is 56.2 Å². The maximum absolute atomic E-state index is 11.2. The van der Waals surface area contributed by atoms with E-state index in [2.05, 4.69) is 21.5 Å². The predicted molar refractivity (Wildman–Crippen MR) is 161 cm³/mol. The highest BCUT2D eigenvalue weighted by Gasteiger charge is 2.14. The van der Waals surface area contributed by atoms with Crippen LogP contribution < -0.4 is 20.5 Å². The zero-order valence-electron chi connectivity index (χ0n) is 22.4. The molecular weight excluding hydrogens is 558 g/mol. The van der Waals surface area contributed by atoms with Crippen LogP contribution in [0.4, 0.5) is 17.2 Å². The number of fused-ring (bicyclic) bond motifs is 2. The van der Waals surface area contributed by atoms with E-state index < -0.39 is 11.9 Å². The summed E-state index contributed by atoms with van der Waals surface area (Å²) in [4.78, 5) is 27.0. The summed E-state index contributed by atoms with van der Waals surface area (Å²) in [7, 11) is 3.24. The number of nitrogens with two attached hydrogens (primary N) is 1. The average Bonchev–Trinajstić information content (AvgIpc) is 3.60. The molecule has 212 valence electrons. The minimum absolute atomic E-state index is 0.204. The van der Waals surface area contributed by atoms with E-state index in [1.807, 2.05) is 18.2 Å². The van der Waals surface area contributed by atoms with Crippen molar-refractivity contribution in [2.24, 2.45) is 0 Å². The molecule has 5 N–H and O–H groups in total. The van der Waals surface area contributed by atoms with E-state index in [1.54, 1.807) is 78.7 Å². The van der Waals surface area contributed by atoms with Crippen LogP contribution in [-0.2, 0) is 0 Å². The standard InChI is InChI=1S/C23H18N4O4S.C7H7NO2/c1-30-17-9-14-10-20(32-19(14)11-18(17)31-2)16-12-24-22-7-6-21(26-27(16)22)25-15-5-3-4-13(8-15)23(28)29;8-6-3-1-2-5(4-6)7(9)10/h3-12H,1-2H3,(H,25,26)(H,28,29);1-4H,8H2,(H,9,10). The molecule has 3 aromatic heterocycles. The van der Waals surface area contributed by atoms with Crippen molar-refractivity contribution in [2.45, 2.75) is 0 Å². The Morgan fingerprint density at radius 1 is 0.881 bits per heavy atom. The minimum atomic E-state index is -0.980. The number of imidazole rings is 1. The van der Waals surface area contributed by atoms with Crippen molar-refractivity contribution in [1.82, 2.24) is 14.6 Å². The lowest BCUT2D eigenvalue weighted by Crippen LogP contribution is -2.01. The monoisotopic (exact) mass is 583 g/mol. The van der Waals surface area contributed by atoms with E-state index in [0.29, 0.717) is 34.3 Å². The van der Waals surface area contributed by atoms with Gasteiger partial charge in [0.1, 0.15) is 5.69 Å². The number of aromatic carboxylic acids is 2. The van der Waals surface area contributed by atoms with Crippen LogP contribution in [0.15, 0.2) is 85.1 Å². The van der Waals surface area contributed by atoms with Gasteiger partial charge in [0, 0.05) is 22.1 Å². The fraction of sp³-hybridized carbons (Fsp3) is 0.0667. The van der Waals surface area contributed by atoms with Gasteiger partial charge in [-0.05, 0) is 66.0 Å². The van der Waals surface area contributed by atoms with E-state index in [-0.39, 0.29) is 11.1 Å². The van der Waals surface area contributed by atoms with Crippen LogP contribution in [0.5, 0.6) is 11.5 Å². The molecule has 11 nitrogen and oxygen atoms in total. The van der Waals surface area contributed by atoms with Gasteiger partial charge < -0.3 is 30.7 Å². The second-order valence-corrected chi connectivity index (χ2v) is 10.0. The van der Waals surface area contributed by atoms with Crippen molar-refractivity contribution in [3.8, 4) is 22.1 Å². The van der Waals surface area contributed by atoms with Crippen LogP contribution in [0.3, 0.4) is 0 Å². The average molecular weight is 584 g/mol. The molecule has 6 aromatic rings. The Balaban J connectivity index is 0.000000300. The predicted octanol–water partition coefficient (Wildman–Crippen LogP) is 6.04.